The summed E-state index contributed by atoms with van der Waals surface area (Å²) in [5.41, 5.74) is 1.45. The summed E-state index contributed by atoms with van der Waals surface area (Å²) in [7, 11) is 0. The number of aromatic nitrogens is 4. The number of allylic oxidation sites excluding steroid dienone is 1. The van der Waals surface area contributed by atoms with Gasteiger partial charge in [-0.25, -0.2) is 0 Å². The molecule has 1 amide bonds. The lowest BCUT2D eigenvalue weighted by Gasteiger charge is -2.31. The summed E-state index contributed by atoms with van der Waals surface area (Å²) in [6.07, 6.45) is 2.97. The first-order valence-corrected chi connectivity index (χ1v) is 9.29. The SMILES string of the molecule is CCOC(=O)C1CCCN(C(=O)c2ccc(NC=C(C#N)c3nn[nH]n3)cc2)C1. The van der Waals surface area contributed by atoms with Crippen LogP contribution in [0.25, 0.3) is 5.57 Å². The summed E-state index contributed by atoms with van der Waals surface area (Å²) in [5.74, 6) is -0.446. The Morgan fingerprint density at radius 2 is 2.21 bits per heavy atom. The number of rotatable bonds is 6. The van der Waals surface area contributed by atoms with Crippen molar-refractivity contribution in [1.29, 1.82) is 5.26 Å². The molecule has 0 spiro atoms. The third kappa shape index (κ3) is 4.95. The number of anilines is 1. The molecule has 0 radical (unpaired) electrons. The molecule has 1 saturated heterocycles. The van der Waals surface area contributed by atoms with Crippen LogP contribution in [0.4, 0.5) is 5.69 Å². The van der Waals surface area contributed by atoms with Gasteiger partial charge in [-0.05, 0) is 49.2 Å². The lowest BCUT2D eigenvalue weighted by atomic mass is 9.97. The molecule has 2 heterocycles. The molecule has 1 aromatic carbocycles. The van der Waals surface area contributed by atoms with Crippen molar-refractivity contribution in [2.75, 3.05) is 25.0 Å². The van der Waals surface area contributed by atoms with E-state index in [1.54, 1.807) is 36.1 Å². The summed E-state index contributed by atoms with van der Waals surface area (Å²) in [4.78, 5) is 26.4. The minimum absolute atomic E-state index is 0.120. The van der Waals surface area contributed by atoms with Gasteiger partial charge in [-0.15, -0.1) is 10.2 Å². The Bertz CT molecular complexity index is 916. The lowest BCUT2D eigenvalue weighted by Crippen LogP contribution is -2.42. The Morgan fingerprint density at radius 3 is 2.86 bits per heavy atom. The molecule has 2 N–H and O–H groups in total. The number of ether oxygens (including phenoxy) is 1. The van der Waals surface area contributed by atoms with Crippen molar-refractivity contribution in [3.05, 3.63) is 41.9 Å². The molecule has 3 rings (SSSR count). The van der Waals surface area contributed by atoms with Gasteiger partial charge in [0.15, 0.2) is 0 Å². The van der Waals surface area contributed by atoms with Gasteiger partial charge in [0.05, 0.1) is 12.5 Å². The van der Waals surface area contributed by atoms with Gasteiger partial charge in [-0.2, -0.15) is 10.5 Å². The predicted molar refractivity (Wildman–Crippen MR) is 103 cm³/mol. The predicted octanol–water partition coefficient (Wildman–Crippen LogP) is 1.59. The molecule has 2 aromatic rings. The summed E-state index contributed by atoms with van der Waals surface area (Å²) in [5, 5.41) is 25.4. The highest BCUT2D eigenvalue weighted by Crippen LogP contribution is 2.21. The highest BCUT2D eigenvalue weighted by Gasteiger charge is 2.29. The van der Waals surface area contributed by atoms with E-state index in [0.29, 0.717) is 30.9 Å². The van der Waals surface area contributed by atoms with Gasteiger partial charge in [0.25, 0.3) is 5.91 Å². The van der Waals surface area contributed by atoms with Crippen LogP contribution in [0, 0.1) is 17.2 Å². The number of aromatic amines is 1. The first-order valence-electron chi connectivity index (χ1n) is 9.29. The van der Waals surface area contributed by atoms with Crippen LogP contribution in [-0.4, -0.2) is 57.1 Å². The van der Waals surface area contributed by atoms with Gasteiger partial charge in [0, 0.05) is 30.5 Å². The first kappa shape index (κ1) is 20.0. The lowest BCUT2D eigenvalue weighted by molar-refractivity contribution is -0.149. The minimum atomic E-state index is -0.270. The van der Waals surface area contributed by atoms with Crippen LogP contribution in [-0.2, 0) is 9.53 Å². The van der Waals surface area contributed by atoms with E-state index in [4.69, 9.17) is 10.00 Å². The summed E-state index contributed by atoms with van der Waals surface area (Å²) < 4.78 is 5.08. The van der Waals surface area contributed by atoms with Crippen molar-refractivity contribution in [3.63, 3.8) is 0 Å². The van der Waals surface area contributed by atoms with Gasteiger partial charge in [0.2, 0.25) is 5.82 Å². The second-order valence-electron chi connectivity index (χ2n) is 6.47. The molecule has 29 heavy (non-hydrogen) atoms. The number of H-pyrrole nitrogens is 1. The number of esters is 1. The van der Waals surface area contributed by atoms with Crippen LogP contribution in [0.1, 0.15) is 35.9 Å². The van der Waals surface area contributed by atoms with Gasteiger partial charge in [-0.3, -0.25) is 9.59 Å². The Morgan fingerprint density at radius 1 is 1.41 bits per heavy atom. The number of nitriles is 1. The van der Waals surface area contributed by atoms with Gasteiger partial charge in [0.1, 0.15) is 11.6 Å². The molecule has 1 aromatic heterocycles. The topological polar surface area (TPSA) is 137 Å². The van der Waals surface area contributed by atoms with Gasteiger partial charge >= 0.3 is 5.97 Å². The fraction of sp³-hybridized carbons (Fsp3) is 0.368. The second-order valence-corrected chi connectivity index (χ2v) is 6.47. The number of carbonyl (C=O) groups excluding carboxylic acids is 2. The summed E-state index contributed by atoms with van der Waals surface area (Å²) in [6, 6.07) is 8.86. The Hall–Kier alpha value is -3.74. The highest BCUT2D eigenvalue weighted by atomic mass is 16.5. The first-order chi connectivity index (χ1) is 14.1. The summed E-state index contributed by atoms with van der Waals surface area (Å²) in [6.45, 7) is 3.10. The Labute approximate surface area is 167 Å². The van der Waals surface area contributed by atoms with E-state index in [-0.39, 0.29) is 29.2 Å². The number of amides is 1. The van der Waals surface area contributed by atoms with E-state index in [1.165, 1.54) is 6.20 Å². The van der Waals surface area contributed by atoms with Crippen LogP contribution in [0.15, 0.2) is 30.5 Å². The molecule has 1 aliphatic rings. The zero-order valence-corrected chi connectivity index (χ0v) is 16.0. The Kier molecular flexibility index (Phi) is 6.52. The third-order valence-corrected chi connectivity index (χ3v) is 4.55. The van der Waals surface area contributed by atoms with Crippen LogP contribution in [0.3, 0.4) is 0 Å². The molecule has 150 valence electrons. The highest BCUT2D eigenvalue weighted by molar-refractivity contribution is 5.95. The maximum Gasteiger partial charge on any atom is 0.310 e. The molecule has 10 nitrogen and oxygen atoms in total. The molecular formula is C19H21N7O3. The van der Waals surface area contributed by atoms with Gasteiger partial charge < -0.3 is 15.0 Å². The fourth-order valence-electron chi connectivity index (χ4n) is 3.08. The van der Waals surface area contributed by atoms with E-state index in [1.807, 2.05) is 6.07 Å². The van der Waals surface area contributed by atoms with E-state index >= 15 is 0 Å². The molecule has 0 bridgehead atoms. The number of carbonyl (C=O) groups is 2. The minimum Gasteiger partial charge on any atom is -0.466 e. The normalized spacial score (nSPS) is 16.8. The van der Waals surface area contributed by atoms with Crippen molar-refractivity contribution < 1.29 is 14.3 Å². The number of piperidine rings is 1. The number of nitrogens with zero attached hydrogens (tertiary/aromatic N) is 5. The average Bonchev–Trinajstić information content (AvgIpc) is 3.29. The van der Waals surface area contributed by atoms with Gasteiger partial charge in [-0.1, -0.05) is 0 Å². The van der Waals surface area contributed by atoms with Crippen LogP contribution < -0.4 is 5.32 Å². The average molecular weight is 395 g/mol. The molecule has 0 saturated carbocycles. The van der Waals surface area contributed by atoms with Crippen molar-refractivity contribution >= 4 is 23.1 Å². The molecular weight excluding hydrogens is 374 g/mol. The zero-order chi connectivity index (χ0) is 20.6. The zero-order valence-electron chi connectivity index (χ0n) is 16.0. The molecule has 1 fully saturated rings. The molecule has 1 atom stereocenters. The monoisotopic (exact) mass is 395 g/mol. The maximum absolute atomic E-state index is 12.8. The van der Waals surface area contributed by atoms with Crippen molar-refractivity contribution in [2.45, 2.75) is 19.8 Å². The molecule has 10 heteroatoms. The quantitative estimate of drug-likeness (QED) is 0.556. The number of nitrogens with one attached hydrogen (secondary N) is 2. The number of hydrogen-bond donors (Lipinski definition) is 2. The maximum atomic E-state index is 12.8. The number of likely N-dealkylation sites (tertiary alicyclic amines) is 1. The van der Waals surface area contributed by atoms with Crippen LogP contribution >= 0.6 is 0 Å². The van der Waals surface area contributed by atoms with Crippen molar-refractivity contribution in [2.24, 2.45) is 5.92 Å². The smallest absolute Gasteiger partial charge is 0.310 e. The molecule has 1 aliphatic heterocycles. The molecule has 0 aliphatic carbocycles. The second kappa shape index (κ2) is 9.45. The van der Waals surface area contributed by atoms with Crippen molar-refractivity contribution in [1.82, 2.24) is 25.5 Å². The van der Waals surface area contributed by atoms with E-state index < -0.39 is 0 Å². The fourth-order valence-corrected chi connectivity index (χ4v) is 3.08. The largest absolute Gasteiger partial charge is 0.466 e. The van der Waals surface area contributed by atoms with Crippen molar-refractivity contribution in [3.8, 4) is 6.07 Å². The van der Waals surface area contributed by atoms with E-state index in [2.05, 4.69) is 25.9 Å². The van der Waals surface area contributed by atoms with Crippen LogP contribution in [0.2, 0.25) is 0 Å². The van der Waals surface area contributed by atoms with Crippen LogP contribution in [0.5, 0.6) is 0 Å². The summed E-state index contributed by atoms with van der Waals surface area (Å²) >= 11 is 0. The number of hydrogen-bond acceptors (Lipinski definition) is 8. The third-order valence-electron chi connectivity index (χ3n) is 4.55. The number of benzene rings is 1. The van der Waals surface area contributed by atoms with E-state index in [9.17, 15) is 9.59 Å². The molecule has 1 unspecified atom stereocenters. The standard InChI is InChI=1S/C19H21N7O3/c1-2-29-19(28)14-4-3-9-26(12-14)18(27)13-5-7-16(8-6-13)21-11-15(10-20)17-22-24-25-23-17/h5-8,11,14,21H,2-4,9,12H2,1H3,(H,22,23,24,25). The van der Waals surface area contributed by atoms with E-state index in [0.717, 1.165) is 12.8 Å². The number of tetrazole rings is 1. The Balaban J connectivity index is 1.63.